The van der Waals surface area contributed by atoms with Crippen molar-refractivity contribution in [1.29, 1.82) is 0 Å². The number of unbranched alkanes of at least 4 members (excludes halogenated alkanes) is 3. The van der Waals surface area contributed by atoms with Crippen LogP contribution in [0.4, 0.5) is 0 Å². The number of nitrogens with zero attached hydrogens (tertiary/aromatic N) is 1. The Morgan fingerprint density at radius 3 is 2.68 bits per heavy atom. The smallest absolute Gasteiger partial charge is 0.128 e. The second-order valence-corrected chi connectivity index (χ2v) is 5.11. The van der Waals surface area contributed by atoms with Crippen LogP contribution in [0.15, 0.2) is 30.5 Å². The molecule has 104 valence electrons. The summed E-state index contributed by atoms with van der Waals surface area (Å²) in [6.07, 6.45) is 8.45. The zero-order valence-corrected chi connectivity index (χ0v) is 12.2. The second-order valence-electron chi connectivity index (χ2n) is 5.11. The Bertz CT molecular complexity index is 501. The lowest BCUT2D eigenvalue weighted by Gasteiger charge is -2.08. The second kappa shape index (κ2) is 7.22. The fourth-order valence-corrected chi connectivity index (χ4v) is 2.44. The molecule has 1 heterocycles. The largest absolute Gasteiger partial charge is 0.493 e. The van der Waals surface area contributed by atoms with Crippen molar-refractivity contribution in [3.8, 4) is 5.75 Å². The van der Waals surface area contributed by atoms with Crippen LogP contribution in [0.2, 0.25) is 0 Å². The normalized spacial score (nSPS) is 11.1. The van der Waals surface area contributed by atoms with Crippen LogP contribution in [0, 0.1) is 0 Å². The third-order valence-corrected chi connectivity index (χ3v) is 3.49. The van der Waals surface area contributed by atoms with E-state index in [1.54, 1.807) is 0 Å². The van der Waals surface area contributed by atoms with Gasteiger partial charge in [-0.25, -0.2) is 0 Å². The van der Waals surface area contributed by atoms with E-state index in [-0.39, 0.29) is 0 Å². The number of fused-ring (bicyclic) bond motifs is 1. The van der Waals surface area contributed by atoms with Crippen molar-refractivity contribution in [3.63, 3.8) is 0 Å². The predicted molar refractivity (Wildman–Crippen MR) is 81.9 cm³/mol. The first-order valence-electron chi connectivity index (χ1n) is 7.57. The minimum absolute atomic E-state index is 0.792. The van der Waals surface area contributed by atoms with E-state index in [9.17, 15) is 0 Å². The zero-order valence-electron chi connectivity index (χ0n) is 12.2. The van der Waals surface area contributed by atoms with Gasteiger partial charge in [0.15, 0.2) is 0 Å². The average Bonchev–Trinajstić information content (AvgIpc) is 2.85. The van der Waals surface area contributed by atoms with Crippen molar-refractivity contribution in [1.82, 2.24) is 4.57 Å². The van der Waals surface area contributed by atoms with Gasteiger partial charge in [0.2, 0.25) is 0 Å². The van der Waals surface area contributed by atoms with Gasteiger partial charge in [0.25, 0.3) is 0 Å². The van der Waals surface area contributed by atoms with Crippen LogP contribution in [0.3, 0.4) is 0 Å². The number of hydrogen-bond acceptors (Lipinski definition) is 1. The first-order chi connectivity index (χ1) is 9.36. The summed E-state index contributed by atoms with van der Waals surface area (Å²) in [5.41, 5.74) is 1.30. The Hall–Kier alpha value is -1.44. The molecular weight excluding hydrogens is 234 g/mol. The van der Waals surface area contributed by atoms with Gasteiger partial charge in [0.1, 0.15) is 5.75 Å². The van der Waals surface area contributed by atoms with E-state index in [0.717, 1.165) is 25.3 Å². The summed E-state index contributed by atoms with van der Waals surface area (Å²) in [5, 5.41) is 1.24. The first kappa shape index (κ1) is 14.0. The summed E-state index contributed by atoms with van der Waals surface area (Å²) in [6.45, 7) is 6.29. The van der Waals surface area contributed by atoms with Gasteiger partial charge in [-0.05, 0) is 31.0 Å². The van der Waals surface area contributed by atoms with Crippen molar-refractivity contribution in [2.75, 3.05) is 6.61 Å². The zero-order chi connectivity index (χ0) is 13.5. The minimum atomic E-state index is 0.792. The Balaban J connectivity index is 2.09. The molecule has 0 fully saturated rings. The van der Waals surface area contributed by atoms with E-state index in [1.807, 2.05) is 0 Å². The molecule has 0 aliphatic carbocycles. The molecule has 0 radical (unpaired) electrons. The third kappa shape index (κ3) is 3.52. The van der Waals surface area contributed by atoms with Gasteiger partial charge in [0, 0.05) is 18.1 Å². The molecule has 2 aromatic rings. The van der Waals surface area contributed by atoms with E-state index in [4.69, 9.17) is 4.74 Å². The van der Waals surface area contributed by atoms with Crippen LogP contribution < -0.4 is 4.74 Å². The molecule has 0 saturated carbocycles. The summed E-state index contributed by atoms with van der Waals surface area (Å²) >= 11 is 0. The molecule has 0 aliphatic rings. The SMILES string of the molecule is CCCCCCn1ccc2c(OCCC)cccc21. The maximum absolute atomic E-state index is 5.81. The Morgan fingerprint density at radius 2 is 1.89 bits per heavy atom. The molecule has 0 saturated heterocycles. The van der Waals surface area contributed by atoms with Crippen molar-refractivity contribution in [2.24, 2.45) is 0 Å². The van der Waals surface area contributed by atoms with Gasteiger partial charge >= 0.3 is 0 Å². The number of aryl methyl sites for hydroxylation is 1. The fraction of sp³-hybridized carbons (Fsp3) is 0.529. The maximum atomic E-state index is 5.81. The number of rotatable bonds is 8. The van der Waals surface area contributed by atoms with Gasteiger partial charge in [-0.15, -0.1) is 0 Å². The Kier molecular flexibility index (Phi) is 5.31. The van der Waals surface area contributed by atoms with Gasteiger partial charge in [-0.2, -0.15) is 0 Å². The average molecular weight is 259 g/mol. The van der Waals surface area contributed by atoms with E-state index in [1.165, 1.54) is 36.6 Å². The molecular formula is C17H25NO. The van der Waals surface area contributed by atoms with Crippen molar-refractivity contribution < 1.29 is 4.74 Å². The highest BCUT2D eigenvalue weighted by atomic mass is 16.5. The summed E-state index contributed by atoms with van der Waals surface area (Å²) in [5.74, 6) is 1.02. The maximum Gasteiger partial charge on any atom is 0.128 e. The molecule has 0 spiro atoms. The van der Waals surface area contributed by atoms with Gasteiger partial charge in [-0.3, -0.25) is 0 Å². The van der Waals surface area contributed by atoms with Crippen LogP contribution in [0.1, 0.15) is 46.0 Å². The summed E-state index contributed by atoms with van der Waals surface area (Å²) in [7, 11) is 0. The molecule has 0 unspecified atom stereocenters. The molecule has 2 nitrogen and oxygen atoms in total. The van der Waals surface area contributed by atoms with Gasteiger partial charge in [0.05, 0.1) is 12.1 Å². The van der Waals surface area contributed by atoms with Crippen LogP contribution in [0.5, 0.6) is 5.75 Å². The Labute approximate surface area is 116 Å². The molecule has 1 aromatic heterocycles. The predicted octanol–water partition coefficient (Wildman–Crippen LogP) is 5.01. The lowest BCUT2D eigenvalue weighted by atomic mass is 10.2. The van der Waals surface area contributed by atoms with Crippen molar-refractivity contribution >= 4 is 10.9 Å². The first-order valence-corrected chi connectivity index (χ1v) is 7.57. The number of aromatic nitrogens is 1. The number of ether oxygens (including phenoxy) is 1. The molecule has 0 atom stereocenters. The molecule has 19 heavy (non-hydrogen) atoms. The summed E-state index contributed by atoms with van der Waals surface area (Å²) in [4.78, 5) is 0. The van der Waals surface area contributed by atoms with E-state index in [0.29, 0.717) is 0 Å². The molecule has 2 rings (SSSR count). The van der Waals surface area contributed by atoms with Crippen LogP contribution in [0.25, 0.3) is 10.9 Å². The lowest BCUT2D eigenvalue weighted by Crippen LogP contribution is -1.97. The highest BCUT2D eigenvalue weighted by molar-refractivity contribution is 5.86. The molecule has 0 aliphatic heterocycles. The molecule has 0 N–H and O–H groups in total. The lowest BCUT2D eigenvalue weighted by molar-refractivity contribution is 0.321. The fourth-order valence-electron chi connectivity index (χ4n) is 2.44. The Morgan fingerprint density at radius 1 is 1.00 bits per heavy atom. The minimum Gasteiger partial charge on any atom is -0.493 e. The van der Waals surface area contributed by atoms with Crippen LogP contribution in [-0.2, 0) is 6.54 Å². The molecule has 1 aromatic carbocycles. The molecule has 2 heteroatoms. The summed E-state index contributed by atoms with van der Waals surface area (Å²) < 4.78 is 8.16. The monoisotopic (exact) mass is 259 g/mol. The highest BCUT2D eigenvalue weighted by Gasteiger charge is 2.05. The van der Waals surface area contributed by atoms with E-state index < -0.39 is 0 Å². The van der Waals surface area contributed by atoms with Crippen LogP contribution >= 0.6 is 0 Å². The van der Waals surface area contributed by atoms with Gasteiger partial charge in [-0.1, -0.05) is 39.2 Å². The van der Waals surface area contributed by atoms with Gasteiger partial charge < -0.3 is 9.30 Å². The van der Waals surface area contributed by atoms with E-state index >= 15 is 0 Å². The standard InChI is InChI=1S/C17H25NO/c1-3-5-6-7-12-18-13-11-15-16(18)9-8-10-17(15)19-14-4-2/h8-11,13H,3-7,12,14H2,1-2H3. The topological polar surface area (TPSA) is 14.2 Å². The van der Waals surface area contributed by atoms with Crippen molar-refractivity contribution in [3.05, 3.63) is 30.5 Å². The number of hydrogen-bond donors (Lipinski definition) is 0. The third-order valence-electron chi connectivity index (χ3n) is 3.49. The van der Waals surface area contributed by atoms with Crippen LogP contribution in [-0.4, -0.2) is 11.2 Å². The van der Waals surface area contributed by atoms with E-state index in [2.05, 4.69) is 48.9 Å². The quantitative estimate of drug-likeness (QED) is 0.608. The highest BCUT2D eigenvalue weighted by Crippen LogP contribution is 2.27. The molecule has 0 bridgehead atoms. The molecule has 0 amide bonds. The van der Waals surface area contributed by atoms with Crippen molar-refractivity contribution in [2.45, 2.75) is 52.5 Å². The number of benzene rings is 1. The summed E-state index contributed by atoms with van der Waals surface area (Å²) in [6, 6.07) is 8.53.